The normalized spacial score (nSPS) is 23.3. The Morgan fingerprint density at radius 3 is 3.00 bits per heavy atom. The van der Waals surface area contributed by atoms with Gasteiger partial charge in [-0.05, 0) is 12.2 Å². The molecule has 0 aliphatic carbocycles. The quantitative estimate of drug-likeness (QED) is 0.514. The Bertz CT molecular complexity index is 145. The summed E-state index contributed by atoms with van der Waals surface area (Å²) >= 11 is 0. The first kappa shape index (κ1) is 6.08. The van der Waals surface area contributed by atoms with Crippen LogP contribution in [-0.2, 0) is 9.53 Å². The first-order valence-electron chi connectivity index (χ1n) is 2.86. The molecule has 2 heteroatoms. The van der Waals surface area contributed by atoms with Crippen LogP contribution in [0, 0.1) is 0 Å². The molecule has 0 saturated carbocycles. The summed E-state index contributed by atoms with van der Waals surface area (Å²) in [6.45, 7) is 0. The zero-order chi connectivity index (χ0) is 6.53. The zero-order valence-electron chi connectivity index (χ0n) is 4.99. The highest BCUT2D eigenvalue weighted by atomic mass is 16.5. The minimum Gasteiger partial charge on any atom is -0.494 e. The molecule has 2 nitrogen and oxygen atoms in total. The molecule has 0 radical (unpaired) electrons. The van der Waals surface area contributed by atoms with Gasteiger partial charge in [0.25, 0.3) is 0 Å². The van der Waals surface area contributed by atoms with E-state index in [0.29, 0.717) is 6.42 Å². The van der Waals surface area contributed by atoms with Crippen molar-refractivity contribution in [2.24, 2.45) is 0 Å². The van der Waals surface area contributed by atoms with Crippen molar-refractivity contribution >= 4 is 6.29 Å². The molecule has 0 N–H and O–H groups in total. The molecule has 0 bridgehead atoms. The lowest BCUT2D eigenvalue weighted by molar-refractivity contribution is -0.109. The molecule has 0 amide bonds. The molecule has 0 fully saturated rings. The fourth-order valence-electron chi connectivity index (χ4n) is 0.654. The van der Waals surface area contributed by atoms with Crippen molar-refractivity contribution in [1.29, 1.82) is 0 Å². The Balaban J connectivity index is 2.36. The number of carbonyl (C=O) groups excluding carboxylic acids is 1. The van der Waals surface area contributed by atoms with Crippen molar-refractivity contribution in [1.82, 2.24) is 0 Å². The minimum atomic E-state index is -0.0347. The summed E-state index contributed by atoms with van der Waals surface area (Å²) in [5, 5.41) is 0. The van der Waals surface area contributed by atoms with Gasteiger partial charge in [-0.25, -0.2) is 0 Å². The van der Waals surface area contributed by atoms with Gasteiger partial charge < -0.3 is 9.53 Å². The van der Waals surface area contributed by atoms with Gasteiger partial charge in [0.2, 0.25) is 0 Å². The minimum absolute atomic E-state index is 0.0347. The van der Waals surface area contributed by atoms with Gasteiger partial charge in [0.15, 0.2) is 0 Å². The van der Waals surface area contributed by atoms with Gasteiger partial charge in [-0.3, -0.25) is 0 Å². The predicted molar refractivity (Wildman–Crippen MR) is 33.8 cm³/mol. The van der Waals surface area contributed by atoms with Crippen LogP contribution in [-0.4, -0.2) is 12.4 Å². The number of aldehydes is 1. The molecule has 0 aromatic carbocycles. The van der Waals surface area contributed by atoms with E-state index >= 15 is 0 Å². The monoisotopic (exact) mass is 124 g/mol. The first-order chi connectivity index (χ1) is 4.43. The maximum atomic E-state index is 9.94. The molecule has 0 spiro atoms. The fraction of sp³-hybridized carbons (Fsp3) is 0.286. The third kappa shape index (κ3) is 1.72. The van der Waals surface area contributed by atoms with E-state index in [-0.39, 0.29) is 6.10 Å². The van der Waals surface area contributed by atoms with Crippen LogP contribution in [0.5, 0.6) is 0 Å². The third-order valence-corrected chi connectivity index (χ3v) is 1.10. The summed E-state index contributed by atoms with van der Waals surface area (Å²) < 4.78 is 5.02. The van der Waals surface area contributed by atoms with Gasteiger partial charge in [-0.1, -0.05) is 6.08 Å². The summed E-state index contributed by atoms with van der Waals surface area (Å²) in [6.07, 6.45) is 8.38. The lowest BCUT2D eigenvalue weighted by atomic mass is 10.2. The maximum absolute atomic E-state index is 9.94. The van der Waals surface area contributed by atoms with Crippen LogP contribution >= 0.6 is 0 Å². The van der Waals surface area contributed by atoms with Crippen molar-refractivity contribution in [2.75, 3.05) is 0 Å². The third-order valence-electron chi connectivity index (χ3n) is 1.10. The predicted octanol–water partition coefficient (Wildman–Crippen LogP) is 1.04. The molecule has 1 aliphatic heterocycles. The Morgan fingerprint density at radius 1 is 1.56 bits per heavy atom. The first-order valence-corrected chi connectivity index (χ1v) is 2.86. The number of allylic oxidation sites excluding steroid dienone is 2. The van der Waals surface area contributed by atoms with Crippen LogP contribution in [0.25, 0.3) is 0 Å². The van der Waals surface area contributed by atoms with Gasteiger partial charge in [-0.15, -0.1) is 0 Å². The van der Waals surface area contributed by atoms with Crippen molar-refractivity contribution in [3.63, 3.8) is 0 Å². The molecule has 1 aliphatic rings. The molecular weight excluding hydrogens is 116 g/mol. The van der Waals surface area contributed by atoms with E-state index in [9.17, 15) is 4.79 Å². The highest BCUT2D eigenvalue weighted by Crippen LogP contribution is 2.03. The summed E-state index contributed by atoms with van der Waals surface area (Å²) in [5.41, 5.74) is 0. The van der Waals surface area contributed by atoms with Crippen LogP contribution in [0.2, 0.25) is 0 Å². The van der Waals surface area contributed by atoms with Crippen LogP contribution in [0.3, 0.4) is 0 Å². The second-order valence-electron chi connectivity index (χ2n) is 1.79. The maximum Gasteiger partial charge on any atom is 0.124 e. The van der Waals surface area contributed by atoms with E-state index in [0.717, 1.165) is 6.29 Å². The second-order valence-corrected chi connectivity index (χ2v) is 1.79. The van der Waals surface area contributed by atoms with E-state index in [1.165, 1.54) is 0 Å². The molecule has 1 rings (SSSR count). The smallest absolute Gasteiger partial charge is 0.124 e. The standard InChI is InChI=1S/C7H8O2/c8-5-4-7-3-1-2-6-9-7/h1-3,5-7H,4H2. The topological polar surface area (TPSA) is 26.3 Å². The average molecular weight is 124 g/mol. The highest BCUT2D eigenvalue weighted by Gasteiger charge is 2.02. The van der Waals surface area contributed by atoms with E-state index < -0.39 is 0 Å². The second kappa shape index (κ2) is 3.07. The zero-order valence-corrected chi connectivity index (χ0v) is 4.99. The molecule has 48 valence electrons. The number of rotatable bonds is 2. The number of hydrogen-bond donors (Lipinski definition) is 0. The lowest BCUT2D eigenvalue weighted by Crippen LogP contribution is -2.07. The summed E-state index contributed by atoms with van der Waals surface area (Å²) in [7, 11) is 0. The average Bonchev–Trinajstić information content (AvgIpc) is 1.91. The van der Waals surface area contributed by atoms with E-state index in [4.69, 9.17) is 4.74 Å². The Morgan fingerprint density at radius 2 is 2.44 bits per heavy atom. The van der Waals surface area contributed by atoms with E-state index in [1.54, 1.807) is 12.3 Å². The number of carbonyl (C=O) groups is 1. The van der Waals surface area contributed by atoms with Crippen LogP contribution in [0.4, 0.5) is 0 Å². The van der Waals surface area contributed by atoms with Gasteiger partial charge in [-0.2, -0.15) is 0 Å². The molecule has 1 heterocycles. The van der Waals surface area contributed by atoms with Gasteiger partial charge in [0, 0.05) is 6.42 Å². The van der Waals surface area contributed by atoms with Crippen LogP contribution in [0.1, 0.15) is 6.42 Å². The van der Waals surface area contributed by atoms with Crippen molar-refractivity contribution in [2.45, 2.75) is 12.5 Å². The van der Waals surface area contributed by atoms with E-state index in [2.05, 4.69) is 0 Å². The molecule has 1 unspecified atom stereocenters. The van der Waals surface area contributed by atoms with E-state index in [1.807, 2.05) is 12.2 Å². The molecule has 1 atom stereocenters. The molecule has 9 heavy (non-hydrogen) atoms. The van der Waals surface area contributed by atoms with Gasteiger partial charge in [0.1, 0.15) is 12.4 Å². The van der Waals surface area contributed by atoms with Gasteiger partial charge in [0.05, 0.1) is 6.26 Å². The van der Waals surface area contributed by atoms with Gasteiger partial charge >= 0.3 is 0 Å². The lowest BCUT2D eigenvalue weighted by Gasteiger charge is -2.10. The molecular formula is C7H8O2. The highest BCUT2D eigenvalue weighted by molar-refractivity contribution is 5.51. The van der Waals surface area contributed by atoms with Crippen molar-refractivity contribution < 1.29 is 9.53 Å². The summed E-state index contributed by atoms with van der Waals surface area (Å²) in [4.78, 5) is 9.94. The summed E-state index contributed by atoms with van der Waals surface area (Å²) in [6, 6.07) is 0. The van der Waals surface area contributed by atoms with Crippen LogP contribution in [0.15, 0.2) is 24.5 Å². The summed E-state index contributed by atoms with van der Waals surface area (Å²) in [5.74, 6) is 0. The Kier molecular flexibility index (Phi) is 2.07. The van der Waals surface area contributed by atoms with Crippen molar-refractivity contribution in [3.8, 4) is 0 Å². The number of ether oxygens (including phenoxy) is 1. The van der Waals surface area contributed by atoms with Crippen LogP contribution < -0.4 is 0 Å². The largest absolute Gasteiger partial charge is 0.494 e. The fourth-order valence-corrected chi connectivity index (χ4v) is 0.654. The number of hydrogen-bond acceptors (Lipinski definition) is 2. The molecule has 0 saturated heterocycles. The Hall–Kier alpha value is -1.05. The SMILES string of the molecule is O=CCC1C=CC=CO1. The molecule has 0 aromatic rings. The Labute approximate surface area is 53.8 Å². The molecule has 0 aromatic heterocycles. The van der Waals surface area contributed by atoms with Crippen molar-refractivity contribution in [3.05, 3.63) is 24.5 Å².